The van der Waals surface area contributed by atoms with Crippen LogP contribution in [0.5, 0.6) is 0 Å². The molecule has 2 N–H and O–H groups in total. The van der Waals surface area contributed by atoms with Gasteiger partial charge in [0.2, 0.25) is 0 Å². The molecule has 20 heavy (non-hydrogen) atoms. The SMILES string of the molecule is Cn1ncc(C(=O)N[C@H]2CCO[C@@H]2c2ccn[nH]2)c1Br. The first-order chi connectivity index (χ1) is 9.66. The third kappa shape index (κ3) is 2.36. The lowest BCUT2D eigenvalue weighted by atomic mass is 10.1. The molecule has 8 heteroatoms. The predicted octanol–water partition coefficient (Wildman–Crippen LogP) is 1.17. The molecule has 0 unspecified atom stereocenters. The van der Waals surface area contributed by atoms with Gasteiger partial charge in [-0.3, -0.25) is 14.6 Å². The molecule has 106 valence electrons. The Morgan fingerprint density at radius 1 is 1.65 bits per heavy atom. The highest BCUT2D eigenvalue weighted by Gasteiger charge is 2.32. The van der Waals surface area contributed by atoms with Crippen LogP contribution in [0.15, 0.2) is 23.1 Å². The summed E-state index contributed by atoms with van der Waals surface area (Å²) < 4.78 is 7.93. The molecule has 0 radical (unpaired) electrons. The van der Waals surface area contributed by atoms with Crippen molar-refractivity contribution in [1.29, 1.82) is 0 Å². The van der Waals surface area contributed by atoms with Crippen LogP contribution in [-0.4, -0.2) is 38.5 Å². The minimum Gasteiger partial charge on any atom is -0.370 e. The monoisotopic (exact) mass is 339 g/mol. The number of H-pyrrole nitrogens is 1. The molecule has 1 aliphatic rings. The summed E-state index contributed by atoms with van der Waals surface area (Å²) >= 11 is 3.35. The summed E-state index contributed by atoms with van der Waals surface area (Å²) in [6.45, 7) is 0.614. The van der Waals surface area contributed by atoms with Crippen LogP contribution in [-0.2, 0) is 11.8 Å². The van der Waals surface area contributed by atoms with Gasteiger partial charge in [-0.25, -0.2) is 0 Å². The Hall–Kier alpha value is -1.67. The van der Waals surface area contributed by atoms with Crippen LogP contribution < -0.4 is 5.32 Å². The highest BCUT2D eigenvalue weighted by molar-refractivity contribution is 9.10. The second-order valence-corrected chi connectivity index (χ2v) is 5.40. The summed E-state index contributed by atoms with van der Waals surface area (Å²) in [6, 6.07) is 1.78. The second-order valence-electron chi connectivity index (χ2n) is 4.64. The van der Waals surface area contributed by atoms with Crippen molar-refractivity contribution in [2.45, 2.75) is 18.6 Å². The van der Waals surface area contributed by atoms with Gasteiger partial charge < -0.3 is 10.1 Å². The maximum absolute atomic E-state index is 12.3. The molecule has 1 saturated heterocycles. The molecule has 0 saturated carbocycles. The number of carbonyl (C=O) groups excluding carboxylic acids is 1. The normalized spacial score (nSPS) is 22.1. The van der Waals surface area contributed by atoms with Gasteiger partial charge in [-0.1, -0.05) is 0 Å². The smallest absolute Gasteiger partial charge is 0.255 e. The van der Waals surface area contributed by atoms with Crippen LogP contribution >= 0.6 is 15.9 Å². The molecule has 3 heterocycles. The van der Waals surface area contributed by atoms with Gasteiger partial charge in [0.25, 0.3) is 5.91 Å². The summed E-state index contributed by atoms with van der Waals surface area (Å²) in [6.07, 6.45) is 3.80. The van der Waals surface area contributed by atoms with E-state index in [1.165, 1.54) is 0 Å². The van der Waals surface area contributed by atoms with Crippen molar-refractivity contribution in [3.05, 3.63) is 34.3 Å². The molecule has 2 aromatic rings. The number of nitrogens with zero attached hydrogens (tertiary/aromatic N) is 3. The minimum atomic E-state index is -0.183. The number of rotatable bonds is 3. The summed E-state index contributed by atoms with van der Waals surface area (Å²) in [5.41, 5.74) is 1.39. The van der Waals surface area contributed by atoms with E-state index in [1.54, 1.807) is 24.1 Å². The van der Waals surface area contributed by atoms with Crippen LogP contribution in [0.25, 0.3) is 0 Å². The van der Waals surface area contributed by atoms with Crippen molar-refractivity contribution in [1.82, 2.24) is 25.3 Å². The Labute approximate surface area is 123 Å². The fourth-order valence-corrected chi connectivity index (χ4v) is 2.66. The van der Waals surface area contributed by atoms with E-state index in [4.69, 9.17) is 4.74 Å². The van der Waals surface area contributed by atoms with Gasteiger partial charge in [-0.2, -0.15) is 10.2 Å². The molecule has 2 aromatic heterocycles. The Balaban J connectivity index is 1.74. The van der Waals surface area contributed by atoms with E-state index >= 15 is 0 Å². The van der Waals surface area contributed by atoms with Gasteiger partial charge in [0, 0.05) is 19.9 Å². The molecule has 3 rings (SSSR count). The van der Waals surface area contributed by atoms with E-state index in [-0.39, 0.29) is 18.1 Å². The van der Waals surface area contributed by atoms with Crippen molar-refractivity contribution in [2.75, 3.05) is 6.61 Å². The number of carbonyl (C=O) groups is 1. The Morgan fingerprint density at radius 2 is 2.50 bits per heavy atom. The second kappa shape index (κ2) is 5.37. The minimum absolute atomic E-state index is 0.0740. The van der Waals surface area contributed by atoms with Crippen molar-refractivity contribution in [2.24, 2.45) is 7.05 Å². The molecule has 0 aromatic carbocycles. The number of ether oxygens (including phenoxy) is 1. The fourth-order valence-electron chi connectivity index (χ4n) is 2.29. The fraction of sp³-hybridized carbons (Fsp3) is 0.417. The van der Waals surface area contributed by atoms with Gasteiger partial charge in [-0.05, 0) is 28.4 Å². The molecular weight excluding hydrogens is 326 g/mol. The van der Waals surface area contributed by atoms with Crippen LogP contribution in [0, 0.1) is 0 Å². The molecular formula is C12H14BrN5O2. The van der Waals surface area contributed by atoms with Crippen LogP contribution in [0.2, 0.25) is 0 Å². The van der Waals surface area contributed by atoms with E-state index in [0.29, 0.717) is 16.8 Å². The van der Waals surface area contributed by atoms with Gasteiger partial charge in [-0.15, -0.1) is 0 Å². The molecule has 0 aliphatic carbocycles. The van der Waals surface area contributed by atoms with Gasteiger partial charge in [0.05, 0.1) is 23.5 Å². The van der Waals surface area contributed by atoms with E-state index < -0.39 is 0 Å². The zero-order valence-electron chi connectivity index (χ0n) is 10.8. The number of aromatic amines is 1. The largest absolute Gasteiger partial charge is 0.370 e. The standard InChI is InChI=1S/C12H14BrN5O2/c1-18-11(13)7(6-15-18)12(19)16-8-3-5-20-10(8)9-2-4-14-17-9/h2,4,6,8,10H,3,5H2,1H3,(H,14,17)(H,16,19)/t8-,10-/m0/s1. The average molecular weight is 340 g/mol. The van der Waals surface area contributed by atoms with E-state index in [2.05, 4.69) is 36.5 Å². The average Bonchev–Trinajstić information content (AvgIpc) is 3.12. The molecule has 1 amide bonds. The number of hydrogen-bond acceptors (Lipinski definition) is 4. The van der Waals surface area contributed by atoms with E-state index in [0.717, 1.165) is 12.1 Å². The summed E-state index contributed by atoms with van der Waals surface area (Å²) in [5, 5.41) is 13.8. The molecule has 0 spiro atoms. The number of hydrogen-bond donors (Lipinski definition) is 2. The first kappa shape index (κ1) is 13.3. The molecule has 2 atom stereocenters. The number of halogens is 1. The summed E-state index contributed by atoms with van der Waals surface area (Å²) in [7, 11) is 1.77. The van der Waals surface area contributed by atoms with E-state index in [9.17, 15) is 4.79 Å². The van der Waals surface area contributed by atoms with Crippen LogP contribution in [0.1, 0.15) is 28.6 Å². The molecule has 0 bridgehead atoms. The lowest BCUT2D eigenvalue weighted by Gasteiger charge is -2.18. The maximum Gasteiger partial charge on any atom is 0.255 e. The summed E-state index contributed by atoms with van der Waals surface area (Å²) in [4.78, 5) is 12.3. The molecule has 7 nitrogen and oxygen atoms in total. The summed E-state index contributed by atoms with van der Waals surface area (Å²) in [5.74, 6) is -0.162. The van der Waals surface area contributed by atoms with Crippen LogP contribution in [0.3, 0.4) is 0 Å². The topological polar surface area (TPSA) is 84.8 Å². The predicted molar refractivity (Wildman–Crippen MR) is 74.1 cm³/mol. The van der Waals surface area contributed by atoms with Crippen molar-refractivity contribution in [3.63, 3.8) is 0 Å². The van der Waals surface area contributed by atoms with Crippen molar-refractivity contribution in [3.8, 4) is 0 Å². The number of aromatic nitrogens is 4. The lowest BCUT2D eigenvalue weighted by molar-refractivity contribution is 0.0807. The number of nitrogens with one attached hydrogen (secondary N) is 2. The Morgan fingerprint density at radius 3 is 3.15 bits per heavy atom. The van der Waals surface area contributed by atoms with Crippen molar-refractivity contribution >= 4 is 21.8 Å². The van der Waals surface area contributed by atoms with Crippen LogP contribution in [0.4, 0.5) is 0 Å². The van der Waals surface area contributed by atoms with Gasteiger partial charge in [0.1, 0.15) is 10.7 Å². The lowest BCUT2D eigenvalue weighted by Crippen LogP contribution is -2.37. The first-order valence-electron chi connectivity index (χ1n) is 6.26. The van der Waals surface area contributed by atoms with Gasteiger partial charge in [0.15, 0.2) is 0 Å². The maximum atomic E-state index is 12.3. The highest BCUT2D eigenvalue weighted by atomic mass is 79.9. The third-order valence-corrected chi connectivity index (χ3v) is 4.29. The highest BCUT2D eigenvalue weighted by Crippen LogP contribution is 2.28. The quantitative estimate of drug-likeness (QED) is 0.878. The first-order valence-corrected chi connectivity index (χ1v) is 7.05. The van der Waals surface area contributed by atoms with E-state index in [1.807, 2.05) is 6.07 Å². The zero-order chi connectivity index (χ0) is 14.1. The van der Waals surface area contributed by atoms with Crippen molar-refractivity contribution < 1.29 is 9.53 Å². The third-order valence-electron chi connectivity index (χ3n) is 3.35. The number of aryl methyl sites for hydroxylation is 1. The van der Waals surface area contributed by atoms with Gasteiger partial charge >= 0.3 is 0 Å². The molecule has 1 aliphatic heterocycles. The zero-order valence-corrected chi connectivity index (χ0v) is 12.4. The Bertz CT molecular complexity index is 609. The molecule has 1 fully saturated rings. The Kier molecular flexibility index (Phi) is 3.58. The number of amides is 1.